The summed E-state index contributed by atoms with van der Waals surface area (Å²) < 4.78 is 24.2. The molecule has 2 heterocycles. The van der Waals surface area contributed by atoms with Crippen molar-refractivity contribution in [3.63, 3.8) is 0 Å². The largest absolute Gasteiger partial charge is 0.326 e. The topological polar surface area (TPSA) is 80.6 Å². The SMILES string of the molecule is O=NC(=O)c1cc2c(s1)-c1ccccc1S(=O)(=O)C2. The molecule has 0 saturated carbocycles. The molecule has 0 aliphatic carbocycles. The molecule has 0 saturated heterocycles. The highest BCUT2D eigenvalue weighted by Gasteiger charge is 2.30. The summed E-state index contributed by atoms with van der Waals surface area (Å²) in [5, 5.41) is 2.37. The molecule has 0 atom stereocenters. The highest BCUT2D eigenvalue weighted by atomic mass is 32.2. The molecule has 96 valence electrons. The molecule has 0 unspecified atom stereocenters. The Morgan fingerprint density at radius 1 is 1.26 bits per heavy atom. The van der Waals surface area contributed by atoms with Crippen LogP contribution in [0.4, 0.5) is 0 Å². The molecule has 1 aliphatic rings. The third-order valence-electron chi connectivity index (χ3n) is 2.91. The van der Waals surface area contributed by atoms with Crippen molar-refractivity contribution < 1.29 is 13.2 Å². The number of nitroso groups, excluding NO2 is 1. The van der Waals surface area contributed by atoms with E-state index in [4.69, 9.17) is 0 Å². The molecule has 5 nitrogen and oxygen atoms in total. The lowest BCUT2D eigenvalue weighted by Crippen LogP contribution is -2.10. The second kappa shape index (κ2) is 4.07. The minimum Gasteiger partial charge on any atom is -0.262 e. The van der Waals surface area contributed by atoms with E-state index in [0.29, 0.717) is 11.1 Å². The van der Waals surface area contributed by atoms with Crippen LogP contribution in [0.5, 0.6) is 0 Å². The van der Waals surface area contributed by atoms with E-state index in [-0.39, 0.29) is 15.5 Å². The number of nitrogens with zero attached hydrogens (tertiary/aromatic N) is 1. The van der Waals surface area contributed by atoms with E-state index >= 15 is 0 Å². The summed E-state index contributed by atoms with van der Waals surface area (Å²) in [6.07, 6.45) is 0. The summed E-state index contributed by atoms with van der Waals surface area (Å²) in [4.78, 5) is 22.7. The van der Waals surface area contributed by atoms with E-state index in [1.54, 1.807) is 24.3 Å². The van der Waals surface area contributed by atoms with Gasteiger partial charge in [0.05, 0.1) is 15.5 Å². The lowest BCUT2D eigenvalue weighted by Gasteiger charge is -2.15. The molecule has 0 fully saturated rings. The van der Waals surface area contributed by atoms with Crippen molar-refractivity contribution in [2.75, 3.05) is 0 Å². The third-order valence-corrected chi connectivity index (χ3v) is 5.83. The first kappa shape index (κ1) is 12.2. The minimum atomic E-state index is -3.39. The van der Waals surface area contributed by atoms with Gasteiger partial charge < -0.3 is 0 Å². The van der Waals surface area contributed by atoms with E-state index in [1.165, 1.54) is 6.07 Å². The number of benzene rings is 1. The molecule has 0 N–H and O–H groups in total. The summed E-state index contributed by atoms with van der Waals surface area (Å²) in [7, 11) is -3.39. The van der Waals surface area contributed by atoms with Gasteiger partial charge in [-0.2, -0.15) is 0 Å². The van der Waals surface area contributed by atoms with Crippen LogP contribution in [0.25, 0.3) is 10.4 Å². The van der Waals surface area contributed by atoms with Crippen molar-refractivity contribution in [3.05, 3.63) is 45.7 Å². The molecule has 0 radical (unpaired) electrons. The van der Waals surface area contributed by atoms with Crippen LogP contribution in [-0.4, -0.2) is 14.3 Å². The van der Waals surface area contributed by atoms with Gasteiger partial charge in [-0.15, -0.1) is 16.2 Å². The number of hydrogen-bond donors (Lipinski definition) is 0. The predicted octanol–water partition coefficient (Wildman–Crippen LogP) is 2.61. The second-order valence-corrected chi connectivity index (χ2v) is 7.13. The van der Waals surface area contributed by atoms with Gasteiger partial charge in [0.25, 0.3) is 0 Å². The normalized spacial score (nSPS) is 15.4. The number of fused-ring (bicyclic) bond motifs is 3. The maximum absolute atomic E-state index is 12.1. The fraction of sp³-hybridized carbons (Fsp3) is 0.0833. The maximum Gasteiger partial charge on any atom is 0.326 e. The summed E-state index contributed by atoms with van der Waals surface area (Å²) in [6, 6.07) is 8.09. The van der Waals surface area contributed by atoms with Crippen molar-refractivity contribution in [2.24, 2.45) is 5.18 Å². The number of amides is 1. The fourth-order valence-corrected chi connectivity index (χ4v) is 4.96. The Bertz CT molecular complexity index is 805. The number of thiophene rings is 1. The van der Waals surface area contributed by atoms with Crippen LogP contribution < -0.4 is 0 Å². The summed E-state index contributed by atoms with van der Waals surface area (Å²) in [5.41, 5.74) is 1.13. The Balaban J connectivity index is 2.29. The number of carbonyl (C=O) groups excluding carboxylic acids is 1. The minimum absolute atomic E-state index is 0.151. The van der Waals surface area contributed by atoms with Crippen molar-refractivity contribution in [1.29, 1.82) is 0 Å². The van der Waals surface area contributed by atoms with Gasteiger partial charge >= 0.3 is 5.91 Å². The van der Waals surface area contributed by atoms with E-state index in [0.717, 1.165) is 16.2 Å². The van der Waals surface area contributed by atoms with Gasteiger partial charge in [0.15, 0.2) is 9.84 Å². The Labute approximate surface area is 112 Å². The van der Waals surface area contributed by atoms with Crippen LogP contribution in [-0.2, 0) is 15.6 Å². The van der Waals surface area contributed by atoms with E-state index in [2.05, 4.69) is 5.18 Å². The first-order valence-electron chi connectivity index (χ1n) is 5.35. The molecule has 19 heavy (non-hydrogen) atoms. The molecular weight excluding hydrogens is 286 g/mol. The molecule has 0 bridgehead atoms. The lowest BCUT2D eigenvalue weighted by molar-refractivity contribution is 0.100. The zero-order valence-electron chi connectivity index (χ0n) is 9.49. The Morgan fingerprint density at radius 3 is 2.74 bits per heavy atom. The Kier molecular flexibility index (Phi) is 2.61. The number of sulfone groups is 1. The summed E-state index contributed by atoms with van der Waals surface area (Å²) in [5.74, 6) is -1.02. The summed E-state index contributed by atoms with van der Waals surface area (Å²) in [6.45, 7) is 0. The summed E-state index contributed by atoms with van der Waals surface area (Å²) >= 11 is 1.10. The van der Waals surface area contributed by atoms with Crippen molar-refractivity contribution in [3.8, 4) is 10.4 Å². The van der Waals surface area contributed by atoms with Gasteiger partial charge in [-0.3, -0.25) is 4.79 Å². The average molecular weight is 293 g/mol. The molecule has 7 heteroatoms. The number of hydrogen-bond acceptors (Lipinski definition) is 5. The zero-order valence-corrected chi connectivity index (χ0v) is 11.1. The number of rotatable bonds is 1. The first-order chi connectivity index (χ1) is 9.03. The predicted molar refractivity (Wildman–Crippen MR) is 70.8 cm³/mol. The van der Waals surface area contributed by atoms with Gasteiger partial charge in [-0.1, -0.05) is 18.2 Å². The van der Waals surface area contributed by atoms with Gasteiger partial charge in [0, 0.05) is 15.6 Å². The smallest absolute Gasteiger partial charge is 0.262 e. The first-order valence-corrected chi connectivity index (χ1v) is 7.82. The standard InChI is InChI=1S/C12H7NO4S2/c14-12(13-15)9-5-7-6-19(16,17)10-4-2-1-3-8(10)11(7)18-9/h1-5H,6H2. The Morgan fingerprint density at radius 2 is 2.00 bits per heavy atom. The zero-order chi connectivity index (χ0) is 13.6. The second-order valence-electron chi connectivity index (χ2n) is 4.12. The molecule has 1 aromatic carbocycles. The fourth-order valence-electron chi connectivity index (χ4n) is 2.12. The van der Waals surface area contributed by atoms with Crippen LogP contribution in [0.2, 0.25) is 0 Å². The molecule has 1 aliphatic heterocycles. The van der Waals surface area contributed by atoms with E-state index in [1.807, 2.05) is 0 Å². The van der Waals surface area contributed by atoms with Crippen LogP contribution >= 0.6 is 11.3 Å². The van der Waals surface area contributed by atoms with Gasteiger partial charge in [-0.05, 0) is 17.7 Å². The van der Waals surface area contributed by atoms with Gasteiger partial charge in [0.1, 0.15) is 0 Å². The van der Waals surface area contributed by atoms with Crippen LogP contribution in [0, 0.1) is 4.91 Å². The molecule has 2 aromatic rings. The monoisotopic (exact) mass is 293 g/mol. The third kappa shape index (κ3) is 1.82. The van der Waals surface area contributed by atoms with Gasteiger partial charge in [-0.25, -0.2) is 8.42 Å². The van der Waals surface area contributed by atoms with Crippen molar-refractivity contribution in [1.82, 2.24) is 0 Å². The molecule has 1 aromatic heterocycles. The van der Waals surface area contributed by atoms with Gasteiger partial charge in [0.2, 0.25) is 0 Å². The molecular formula is C12H7NO4S2. The Hall–Kier alpha value is -1.86. The highest BCUT2D eigenvalue weighted by molar-refractivity contribution is 7.91. The average Bonchev–Trinajstić information content (AvgIpc) is 2.81. The molecule has 3 rings (SSSR count). The van der Waals surface area contributed by atoms with Crippen LogP contribution in [0.15, 0.2) is 40.4 Å². The highest BCUT2D eigenvalue weighted by Crippen LogP contribution is 2.42. The molecule has 1 amide bonds. The van der Waals surface area contributed by atoms with E-state index < -0.39 is 15.7 Å². The molecule has 0 spiro atoms. The maximum atomic E-state index is 12.1. The quantitative estimate of drug-likeness (QED) is 0.757. The van der Waals surface area contributed by atoms with Crippen LogP contribution in [0.1, 0.15) is 15.2 Å². The van der Waals surface area contributed by atoms with Crippen molar-refractivity contribution >= 4 is 27.1 Å². The van der Waals surface area contributed by atoms with Crippen molar-refractivity contribution in [2.45, 2.75) is 10.6 Å². The number of carbonyl (C=O) groups is 1. The van der Waals surface area contributed by atoms with E-state index in [9.17, 15) is 18.1 Å². The van der Waals surface area contributed by atoms with Crippen LogP contribution in [0.3, 0.4) is 0 Å². The lowest BCUT2D eigenvalue weighted by atomic mass is 10.1.